The van der Waals surface area contributed by atoms with Crippen molar-refractivity contribution in [3.8, 4) is 0 Å². The lowest BCUT2D eigenvalue weighted by atomic mass is 9.84. The van der Waals surface area contributed by atoms with Crippen molar-refractivity contribution in [2.45, 2.75) is 46.1 Å². The number of hydrogen-bond acceptors (Lipinski definition) is 3. The molecule has 2 aromatic rings. The maximum absolute atomic E-state index is 14.1. The van der Waals surface area contributed by atoms with E-state index in [2.05, 4.69) is 27.5 Å². The molecule has 0 saturated heterocycles. The molecule has 0 bridgehead atoms. The molecule has 0 aliphatic carbocycles. The van der Waals surface area contributed by atoms with Gasteiger partial charge in [0.25, 0.3) is 0 Å². The van der Waals surface area contributed by atoms with Crippen molar-refractivity contribution in [1.29, 1.82) is 0 Å². The quantitative estimate of drug-likeness (QED) is 0.580. The number of nitrogens with zero attached hydrogens (tertiary/aromatic N) is 2. The van der Waals surface area contributed by atoms with Crippen LogP contribution < -0.4 is 10.6 Å². The zero-order valence-corrected chi connectivity index (χ0v) is 16.2. The second-order valence-electron chi connectivity index (χ2n) is 6.49. The minimum Gasteiger partial charge on any atom is -0.357 e. The highest BCUT2D eigenvalue weighted by atomic mass is 32.1. The van der Waals surface area contributed by atoms with E-state index in [1.807, 2.05) is 39.1 Å². The van der Waals surface area contributed by atoms with Crippen molar-refractivity contribution in [3.63, 3.8) is 0 Å². The highest BCUT2D eigenvalue weighted by Crippen LogP contribution is 2.24. The first-order chi connectivity index (χ1) is 12.0. The van der Waals surface area contributed by atoms with Crippen LogP contribution in [0.4, 0.5) is 4.39 Å². The molecule has 0 aliphatic heterocycles. The molecule has 4 nitrogen and oxygen atoms in total. The Balaban J connectivity index is 2.03. The molecular formula is C19H27FN4S. The van der Waals surface area contributed by atoms with Crippen molar-refractivity contribution in [2.75, 3.05) is 13.1 Å². The Kier molecular flexibility index (Phi) is 6.93. The maximum atomic E-state index is 14.1. The van der Waals surface area contributed by atoms with Gasteiger partial charge >= 0.3 is 0 Å². The molecule has 0 unspecified atom stereocenters. The van der Waals surface area contributed by atoms with Crippen LogP contribution >= 0.6 is 11.3 Å². The average Bonchev–Trinajstić information content (AvgIpc) is 3.06. The number of benzene rings is 1. The molecule has 0 fully saturated rings. The Morgan fingerprint density at radius 3 is 2.64 bits per heavy atom. The van der Waals surface area contributed by atoms with Gasteiger partial charge in [-0.05, 0) is 25.0 Å². The molecule has 2 N–H and O–H groups in total. The third-order valence-electron chi connectivity index (χ3n) is 3.97. The van der Waals surface area contributed by atoms with E-state index in [1.54, 1.807) is 17.4 Å². The Morgan fingerprint density at radius 1 is 1.24 bits per heavy atom. The van der Waals surface area contributed by atoms with Gasteiger partial charge in [-0.25, -0.2) is 14.4 Å². The Morgan fingerprint density at radius 2 is 2.00 bits per heavy atom. The summed E-state index contributed by atoms with van der Waals surface area (Å²) in [5.74, 6) is 0.547. The molecule has 25 heavy (non-hydrogen) atoms. The van der Waals surface area contributed by atoms with E-state index in [1.165, 1.54) is 10.9 Å². The number of nitrogens with one attached hydrogen (secondary N) is 2. The Hall–Kier alpha value is -1.95. The van der Waals surface area contributed by atoms with E-state index < -0.39 is 0 Å². The summed E-state index contributed by atoms with van der Waals surface area (Å²) < 4.78 is 14.1. The van der Waals surface area contributed by atoms with Crippen LogP contribution in [0.25, 0.3) is 0 Å². The average molecular weight is 363 g/mol. The topological polar surface area (TPSA) is 49.3 Å². The zero-order chi connectivity index (χ0) is 18.3. The Labute approximate surface area is 153 Å². The number of aryl methyl sites for hydroxylation is 1. The lowest BCUT2D eigenvalue weighted by Crippen LogP contribution is -2.43. The van der Waals surface area contributed by atoms with Crippen molar-refractivity contribution in [2.24, 2.45) is 4.99 Å². The smallest absolute Gasteiger partial charge is 0.191 e. The number of hydrogen-bond donors (Lipinski definition) is 2. The van der Waals surface area contributed by atoms with Crippen LogP contribution in [0.2, 0.25) is 0 Å². The van der Waals surface area contributed by atoms with Gasteiger partial charge in [-0.15, -0.1) is 11.3 Å². The predicted octanol–water partition coefficient (Wildman–Crippen LogP) is 3.88. The van der Waals surface area contributed by atoms with Gasteiger partial charge in [-0.2, -0.15) is 0 Å². The first-order valence-electron chi connectivity index (χ1n) is 8.67. The predicted molar refractivity (Wildman–Crippen MR) is 104 cm³/mol. The zero-order valence-electron chi connectivity index (χ0n) is 15.4. The first-order valence-corrected chi connectivity index (χ1v) is 9.48. The molecule has 1 aromatic heterocycles. The van der Waals surface area contributed by atoms with Crippen LogP contribution in [0, 0.1) is 5.82 Å². The minimum atomic E-state index is -0.349. The van der Waals surface area contributed by atoms with E-state index in [-0.39, 0.29) is 11.2 Å². The Bertz CT molecular complexity index is 709. The summed E-state index contributed by atoms with van der Waals surface area (Å²) in [6.45, 7) is 10.1. The molecule has 0 atom stereocenters. The summed E-state index contributed by atoms with van der Waals surface area (Å²) in [5.41, 5.74) is 0.351. The molecule has 0 saturated carbocycles. The number of thiazole rings is 1. The van der Waals surface area contributed by atoms with Gasteiger partial charge < -0.3 is 10.6 Å². The van der Waals surface area contributed by atoms with Crippen LogP contribution in [0.15, 0.2) is 35.5 Å². The number of halogens is 1. The fourth-order valence-corrected chi connectivity index (χ4v) is 3.27. The molecule has 2 rings (SSSR count). The molecule has 0 spiro atoms. The van der Waals surface area contributed by atoms with Gasteiger partial charge in [0, 0.05) is 29.6 Å². The van der Waals surface area contributed by atoms with Gasteiger partial charge in [0.05, 0.1) is 6.54 Å². The van der Waals surface area contributed by atoms with E-state index in [0.717, 1.165) is 23.9 Å². The van der Waals surface area contributed by atoms with Crippen molar-refractivity contribution in [1.82, 2.24) is 15.6 Å². The summed E-state index contributed by atoms with van der Waals surface area (Å²) in [6, 6.07) is 6.92. The van der Waals surface area contributed by atoms with Crippen molar-refractivity contribution >= 4 is 17.3 Å². The van der Waals surface area contributed by atoms with Crippen LogP contribution in [0.5, 0.6) is 0 Å². The van der Waals surface area contributed by atoms with Gasteiger partial charge in [0.1, 0.15) is 10.8 Å². The van der Waals surface area contributed by atoms with Crippen molar-refractivity contribution < 1.29 is 4.39 Å². The van der Waals surface area contributed by atoms with Gasteiger partial charge in [-0.3, -0.25) is 0 Å². The van der Waals surface area contributed by atoms with E-state index in [9.17, 15) is 4.39 Å². The van der Waals surface area contributed by atoms with Gasteiger partial charge in [0.2, 0.25) is 0 Å². The van der Waals surface area contributed by atoms with E-state index in [4.69, 9.17) is 0 Å². The number of aliphatic imine (C=N–C) groups is 1. The van der Waals surface area contributed by atoms with E-state index >= 15 is 0 Å². The van der Waals surface area contributed by atoms with Crippen LogP contribution in [0.3, 0.4) is 0 Å². The minimum absolute atomic E-state index is 0.175. The molecule has 0 radical (unpaired) electrons. The lowest BCUT2D eigenvalue weighted by molar-refractivity contribution is 0.473. The summed E-state index contributed by atoms with van der Waals surface area (Å²) in [4.78, 5) is 10.3. The normalized spacial score (nSPS) is 12.3. The fourth-order valence-electron chi connectivity index (χ4n) is 2.48. The largest absolute Gasteiger partial charge is 0.357 e. The molecule has 1 aromatic carbocycles. The van der Waals surface area contributed by atoms with Crippen molar-refractivity contribution in [3.05, 3.63) is 51.7 Å². The van der Waals surface area contributed by atoms with Crippen LogP contribution in [-0.2, 0) is 18.4 Å². The van der Waals surface area contributed by atoms with Crippen LogP contribution in [-0.4, -0.2) is 24.0 Å². The summed E-state index contributed by atoms with van der Waals surface area (Å²) in [7, 11) is 0. The van der Waals surface area contributed by atoms with Crippen LogP contribution in [0.1, 0.15) is 43.1 Å². The number of rotatable bonds is 7. The second-order valence-corrected chi connectivity index (χ2v) is 7.69. The molecule has 6 heteroatoms. The second kappa shape index (κ2) is 8.94. The molecule has 0 aliphatic rings. The SMILES string of the molecule is CCNC(=NCc1ncc(CC)s1)NCC(C)(C)c1ccccc1F. The highest BCUT2D eigenvalue weighted by Gasteiger charge is 2.24. The summed E-state index contributed by atoms with van der Waals surface area (Å²) >= 11 is 1.69. The number of guanidine groups is 1. The third kappa shape index (κ3) is 5.53. The van der Waals surface area contributed by atoms with Gasteiger partial charge in [0.15, 0.2) is 5.96 Å². The lowest BCUT2D eigenvalue weighted by Gasteiger charge is -2.27. The molecule has 136 valence electrons. The van der Waals surface area contributed by atoms with Gasteiger partial charge in [-0.1, -0.05) is 39.0 Å². The molecule has 1 heterocycles. The highest BCUT2D eigenvalue weighted by molar-refractivity contribution is 7.11. The molecule has 0 amide bonds. The number of aromatic nitrogens is 1. The third-order valence-corrected chi connectivity index (χ3v) is 5.09. The first kappa shape index (κ1) is 19.4. The maximum Gasteiger partial charge on any atom is 0.191 e. The monoisotopic (exact) mass is 362 g/mol. The summed E-state index contributed by atoms with van der Waals surface area (Å²) in [6.07, 6.45) is 2.91. The molecular weight excluding hydrogens is 335 g/mol. The summed E-state index contributed by atoms with van der Waals surface area (Å²) in [5, 5.41) is 7.56. The van der Waals surface area contributed by atoms with E-state index in [0.29, 0.717) is 18.7 Å². The standard InChI is InChI=1S/C19H27FN4S/c1-5-14-11-22-17(25-14)12-23-18(21-6-2)24-13-19(3,4)15-9-7-8-10-16(15)20/h7-11H,5-6,12-13H2,1-4H3,(H2,21,23,24). The fraction of sp³-hybridized carbons (Fsp3) is 0.474.